The van der Waals surface area contributed by atoms with Gasteiger partial charge in [0.15, 0.2) is 0 Å². The van der Waals surface area contributed by atoms with Gasteiger partial charge in [-0.05, 0) is 36.0 Å². The number of aromatic nitrogens is 4. The summed E-state index contributed by atoms with van der Waals surface area (Å²) in [5, 5.41) is 13.1. The van der Waals surface area contributed by atoms with Crippen LogP contribution in [0.4, 0.5) is 11.9 Å². The van der Waals surface area contributed by atoms with Crippen LogP contribution >= 0.6 is 11.6 Å². The van der Waals surface area contributed by atoms with Gasteiger partial charge in [0.2, 0.25) is 21.9 Å². The zero-order valence-corrected chi connectivity index (χ0v) is 18.5. The molecule has 2 rings (SSSR count). The van der Waals surface area contributed by atoms with E-state index in [1.807, 2.05) is 26.8 Å². The standard InChI is InChI=1S/C18H27ClN6O3S/c1-11(2)7-14(10-26)21-17-22-16(23-18(24-17)25-29(4,27)28)8-12(3)13-5-6-20-15(19)9-13/h5-6,9,11-12,14,26H,7-8,10H2,1-4H3,(H2,21,22,23,24,25)/t12-,14+/m0/s1. The summed E-state index contributed by atoms with van der Waals surface area (Å²) in [5.41, 5.74) is 0.964. The molecule has 0 saturated heterocycles. The zero-order valence-electron chi connectivity index (χ0n) is 16.9. The van der Waals surface area contributed by atoms with Crippen LogP contribution in [-0.4, -0.2) is 52.4 Å². The van der Waals surface area contributed by atoms with E-state index in [-0.39, 0.29) is 30.5 Å². The number of aliphatic hydroxyl groups is 1. The van der Waals surface area contributed by atoms with Crippen LogP contribution < -0.4 is 10.0 Å². The second-order valence-corrected chi connectivity index (χ2v) is 9.58. The number of nitrogens with one attached hydrogen (secondary N) is 2. The fraction of sp³-hybridized carbons (Fsp3) is 0.556. The molecule has 9 nitrogen and oxygen atoms in total. The van der Waals surface area contributed by atoms with Gasteiger partial charge in [-0.2, -0.15) is 15.0 Å². The predicted octanol–water partition coefficient (Wildman–Crippen LogP) is 2.46. The van der Waals surface area contributed by atoms with Crippen LogP contribution in [0.1, 0.15) is 44.5 Å². The minimum Gasteiger partial charge on any atom is -0.394 e. The van der Waals surface area contributed by atoms with E-state index in [4.69, 9.17) is 11.6 Å². The first-order valence-corrected chi connectivity index (χ1v) is 11.5. The van der Waals surface area contributed by atoms with Gasteiger partial charge in [-0.3, -0.25) is 4.72 Å². The molecule has 0 radical (unpaired) electrons. The molecule has 0 aliphatic heterocycles. The number of hydrogen-bond donors (Lipinski definition) is 3. The van der Waals surface area contributed by atoms with Crippen molar-refractivity contribution in [1.82, 2.24) is 19.9 Å². The minimum atomic E-state index is -3.56. The summed E-state index contributed by atoms with van der Waals surface area (Å²) >= 11 is 5.97. The lowest BCUT2D eigenvalue weighted by molar-refractivity contribution is 0.259. The molecule has 0 bridgehead atoms. The average Bonchev–Trinajstić information content (AvgIpc) is 2.59. The molecule has 3 N–H and O–H groups in total. The summed E-state index contributed by atoms with van der Waals surface area (Å²) in [4.78, 5) is 16.8. The van der Waals surface area contributed by atoms with E-state index in [1.165, 1.54) is 0 Å². The third kappa shape index (κ3) is 8.08. The van der Waals surface area contributed by atoms with Crippen LogP contribution in [0.2, 0.25) is 5.15 Å². The summed E-state index contributed by atoms with van der Waals surface area (Å²) in [6, 6.07) is 3.37. The number of anilines is 2. The van der Waals surface area contributed by atoms with Crippen LogP contribution in [0.15, 0.2) is 18.3 Å². The zero-order chi connectivity index (χ0) is 21.6. The van der Waals surface area contributed by atoms with E-state index in [1.54, 1.807) is 12.3 Å². The molecule has 29 heavy (non-hydrogen) atoms. The summed E-state index contributed by atoms with van der Waals surface area (Å²) in [6.07, 6.45) is 3.80. The van der Waals surface area contributed by atoms with E-state index in [0.717, 1.165) is 11.8 Å². The minimum absolute atomic E-state index is 0.0149. The molecule has 0 saturated carbocycles. The number of hydrogen-bond acceptors (Lipinski definition) is 8. The fourth-order valence-corrected chi connectivity index (χ4v) is 3.44. The summed E-state index contributed by atoms with van der Waals surface area (Å²) in [5.74, 6) is 0.921. The molecular formula is C18H27ClN6O3S. The molecule has 0 aliphatic rings. The Balaban J connectivity index is 2.30. The molecule has 0 fully saturated rings. The third-order valence-corrected chi connectivity index (χ3v) is 4.84. The molecule has 2 aromatic heterocycles. The van der Waals surface area contributed by atoms with Crippen molar-refractivity contribution in [3.05, 3.63) is 34.9 Å². The van der Waals surface area contributed by atoms with Gasteiger partial charge >= 0.3 is 0 Å². The van der Waals surface area contributed by atoms with E-state index in [9.17, 15) is 13.5 Å². The first-order valence-electron chi connectivity index (χ1n) is 9.27. The Morgan fingerprint density at radius 3 is 2.45 bits per heavy atom. The number of pyridine rings is 1. The number of halogens is 1. The van der Waals surface area contributed by atoms with Crippen LogP contribution in [0, 0.1) is 5.92 Å². The van der Waals surface area contributed by atoms with Crippen molar-refractivity contribution in [2.75, 3.05) is 22.9 Å². The number of rotatable bonds is 10. The molecule has 160 valence electrons. The highest BCUT2D eigenvalue weighted by Crippen LogP contribution is 2.22. The maximum Gasteiger partial charge on any atom is 0.241 e. The van der Waals surface area contributed by atoms with Crippen molar-refractivity contribution < 1.29 is 13.5 Å². The lowest BCUT2D eigenvalue weighted by Crippen LogP contribution is -2.27. The fourth-order valence-electron chi connectivity index (χ4n) is 2.83. The van der Waals surface area contributed by atoms with Gasteiger partial charge in [0.05, 0.1) is 18.9 Å². The van der Waals surface area contributed by atoms with Gasteiger partial charge in [0.1, 0.15) is 11.0 Å². The second kappa shape index (κ2) is 10.1. The van der Waals surface area contributed by atoms with E-state index >= 15 is 0 Å². The van der Waals surface area contributed by atoms with Crippen LogP contribution in [-0.2, 0) is 16.4 Å². The third-order valence-electron chi connectivity index (χ3n) is 4.08. The number of aliphatic hydroxyl groups excluding tert-OH is 1. The van der Waals surface area contributed by atoms with Gasteiger partial charge in [-0.15, -0.1) is 0 Å². The Bertz CT molecular complexity index is 926. The smallest absolute Gasteiger partial charge is 0.241 e. The van der Waals surface area contributed by atoms with Crippen molar-refractivity contribution >= 4 is 33.5 Å². The predicted molar refractivity (Wildman–Crippen MR) is 114 cm³/mol. The maximum absolute atomic E-state index is 11.6. The van der Waals surface area contributed by atoms with E-state index < -0.39 is 10.0 Å². The topological polar surface area (TPSA) is 130 Å². The summed E-state index contributed by atoms with van der Waals surface area (Å²) < 4.78 is 25.6. The Kier molecular flexibility index (Phi) is 8.12. The first kappa shape index (κ1) is 23.2. The Labute approximate surface area is 176 Å². The molecule has 2 aromatic rings. The number of sulfonamides is 1. The Hall–Kier alpha value is -2.04. The monoisotopic (exact) mass is 442 g/mol. The van der Waals surface area contributed by atoms with E-state index in [2.05, 4.69) is 30.0 Å². The van der Waals surface area contributed by atoms with Crippen LogP contribution in [0.25, 0.3) is 0 Å². The Morgan fingerprint density at radius 1 is 1.17 bits per heavy atom. The molecule has 2 heterocycles. The van der Waals surface area contributed by atoms with Gasteiger partial charge in [-0.1, -0.05) is 32.4 Å². The average molecular weight is 443 g/mol. The lowest BCUT2D eigenvalue weighted by Gasteiger charge is -2.19. The van der Waals surface area contributed by atoms with Crippen molar-refractivity contribution in [3.8, 4) is 0 Å². The summed E-state index contributed by atoms with van der Waals surface area (Å²) in [7, 11) is -3.56. The molecule has 0 aliphatic carbocycles. The maximum atomic E-state index is 11.6. The Morgan fingerprint density at radius 2 is 1.86 bits per heavy atom. The SMILES string of the molecule is CC(C)C[C@H](CO)Nc1nc(C[C@H](C)c2ccnc(Cl)c2)nc(NS(C)(=O)=O)n1. The van der Waals surface area contributed by atoms with Crippen molar-refractivity contribution in [3.63, 3.8) is 0 Å². The van der Waals surface area contributed by atoms with Gasteiger partial charge in [0.25, 0.3) is 0 Å². The van der Waals surface area contributed by atoms with Gasteiger partial charge in [0, 0.05) is 12.6 Å². The molecule has 0 spiro atoms. The highest BCUT2D eigenvalue weighted by atomic mass is 35.5. The molecule has 0 amide bonds. The van der Waals surface area contributed by atoms with E-state index in [0.29, 0.717) is 29.7 Å². The molecular weight excluding hydrogens is 416 g/mol. The molecule has 2 atom stereocenters. The lowest BCUT2D eigenvalue weighted by atomic mass is 9.99. The van der Waals surface area contributed by atoms with Crippen LogP contribution in [0.3, 0.4) is 0 Å². The van der Waals surface area contributed by atoms with Gasteiger partial charge < -0.3 is 10.4 Å². The van der Waals surface area contributed by atoms with Crippen LogP contribution in [0.5, 0.6) is 0 Å². The van der Waals surface area contributed by atoms with Gasteiger partial charge in [-0.25, -0.2) is 13.4 Å². The summed E-state index contributed by atoms with van der Waals surface area (Å²) in [6.45, 7) is 5.98. The normalized spacial score (nSPS) is 13.9. The molecule has 11 heteroatoms. The molecule has 0 aromatic carbocycles. The van der Waals surface area contributed by atoms with Crippen molar-refractivity contribution in [1.29, 1.82) is 0 Å². The first-order chi connectivity index (χ1) is 13.6. The van der Waals surface area contributed by atoms with Crippen molar-refractivity contribution in [2.45, 2.75) is 45.6 Å². The highest BCUT2D eigenvalue weighted by molar-refractivity contribution is 7.91. The second-order valence-electron chi connectivity index (χ2n) is 7.44. The largest absolute Gasteiger partial charge is 0.394 e. The number of nitrogens with zero attached hydrogens (tertiary/aromatic N) is 4. The van der Waals surface area contributed by atoms with Crippen molar-refractivity contribution in [2.24, 2.45) is 5.92 Å². The highest BCUT2D eigenvalue weighted by Gasteiger charge is 2.17. The molecule has 0 unspecified atom stereocenters. The quantitative estimate of drug-likeness (QED) is 0.478.